The highest BCUT2D eigenvalue weighted by Crippen LogP contribution is 2.20. The molecule has 2 aromatic rings. The summed E-state index contributed by atoms with van der Waals surface area (Å²) >= 11 is 0. The van der Waals surface area contributed by atoms with Crippen molar-refractivity contribution in [1.29, 1.82) is 0 Å². The van der Waals surface area contributed by atoms with E-state index < -0.39 is 0 Å². The van der Waals surface area contributed by atoms with E-state index in [2.05, 4.69) is 35.9 Å². The number of amides is 1. The molecule has 2 N–H and O–H groups in total. The molecule has 0 unspecified atom stereocenters. The molecule has 3 aliphatic heterocycles. The third kappa shape index (κ3) is 2.75. The zero-order valence-corrected chi connectivity index (χ0v) is 14.5. The zero-order valence-electron chi connectivity index (χ0n) is 14.5. The number of aromatic nitrogens is 1. The summed E-state index contributed by atoms with van der Waals surface area (Å²) in [7, 11) is 0. The number of fused-ring (bicyclic) bond motifs is 3. The summed E-state index contributed by atoms with van der Waals surface area (Å²) in [6, 6.07) is 12.5. The van der Waals surface area contributed by atoms with Gasteiger partial charge in [0.2, 0.25) is 0 Å². The summed E-state index contributed by atoms with van der Waals surface area (Å²) in [4.78, 5) is 14.2. The van der Waals surface area contributed by atoms with Gasteiger partial charge < -0.3 is 14.8 Å². The lowest BCUT2D eigenvalue weighted by Crippen LogP contribution is -3.17. The molecule has 1 atom stereocenters. The number of carbonyl (C=O) groups is 1. The quantitative estimate of drug-likeness (QED) is 0.882. The summed E-state index contributed by atoms with van der Waals surface area (Å²) in [5.41, 5.74) is 4.28. The monoisotopic (exact) mass is 324 g/mol. The van der Waals surface area contributed by atoms with Crippen LogP contribution in [0.1, 0.15) is 34.6 Å². The van der Waals surface area contributed by atoms with Crippen LogP contribution in [0.4, 0.5) is 0 Å². The van der Waals surface area contributed by atoms with Crippen LogP contribution in [-0.2, 0) is 0 Å². The van der Waals surface area contributed by atoms with Crippen molar-refractivity contribution >= 4 is 5.91 Å². The third-order valence-corrected chi connectivity index (χ3v) is 5.79. The lowest BCUT2D eigenvalue weighted by molar-refractivity contribution is -0.917. The molecular weight excluding hydrogens is 298 g/mol. The fraction of sp³-hybridized carbons (Fsp3) is 0.450. The number of nitrogens with one attached hydrogen (secondary N) is 2. The summed E-state index contributed by atoms with van der Waals surface area (Å²) in [6.45, 7) is 7.85. The van der Waals surface area contributed by atoms with Crippen LogP contribution in [0.15, 0.2) is 36.4 Å². The van der Waals surface area contributed by atoms with E-state index in [4.69, 9.17) is 0 Å². The Labute approximate surface area is 143 Å². The van der Waals surface area contributed by atoms with Gasteiger partial charge in [-0.25, -0.2) is 0 Å². The molecule has 4 heteroatoms. The molecule has 4 heterocycles. The fourth-order valence-corrected chi connectivity index (χ4v) is 4.39. The smallest absolute Gasteiger partial charge is 0.251 e. The van der Waals surface area contributed by atoms with Crippen molar-refractivity contribution in [3.8, 4) is 5.69 Å². The first-order chi connectivity index (χ1) is 11.6. The number of nitrogens with zero attached hydrogens (tertiary/aromatic N) is 1. The van der Waals surface area contributed by atoms with Crippen LogP contribution in [-0.4, -0.2) is 36.2 Å². The highest BCUT2D eigenvalue weighted by molar-refractivity contribution is 5.94. The van der Waals surface area contributed by atoms with Crippen LogP contribution in [0.2, 0.25) is 0 Å². The summed E-state index contributed by atoms with van der Waals surface area (Å²) in [5, 5.41) is 3.28. The number of piperidine rings is 3. The molecule has 126 valence electrons. The van der Waals surface area contributed by atoms with E-state index in [-0.39, 0.29) is 5.91 Å². The maximum Gasteiger partial charge on any atom is 0.251 e. The number of aryl methyl sites for hydroxylation is 2. The number of rotatable bonds is 3. The number of hydrogen-bond acceptors (Lipinski definition) is 1. The molecule has 3 fully saturated rings. The van der Waals surface area contributed by atoms with E-state index in [1.807, 2.05) is 24.3 Å². The van der Waals surface area contributed by atoms with Crippen LogP contribution in [0.5, 0.6) is 0 Å². The second kappa shape index (κ2) is 6.10. The van der Waals surface area contributed by atoms with Crippen molar-refractivity contribution in [1.82, 2.24) is 9.88 Å². The average Bonchev–Trinajstić information content (AvgIpc) is 2.95. The van der Waals surface area contributed by atoms with E-state index in [0.717, 1.165) is 17.8 Å². The molecule has 0 saturated carbocycles. The van der Waals surface area contributed by atoms with E-state index in [1.165, 1.54) is 37.3 Å². The Hall–Kier alpha value is -2.07. The van der Waals surface area contributed by atoms with Gasteiger partial charge in [-0.1, -0.05) is 0 Å². The molecule has 0 radical (unpaired) electrons. The van der Waals surface area contributed by atoms with Gasteiger partial charge >= 0.3 is 0 Å². The van der Waals surface area contributed by atoms with Gasteiger partial charge in [0.15, 0.2) is 0 Å². The standard InChI is InChI=1S/C20H25N3O/c1-14-3-4-15(2)23(14)18-7-5-17(6-8-18)20(24)21-19-13-22-11-9-16(19)10-12-22/h3-8,16,19H,9-13H2,1-2H3,(H,21,24)/p+1/t19-/m1/s1. The van der Waals surface area contributed by atoms with Gasteiger partial charge in [0, 0.05) is 35.5 Å². The Morgan fingerprint density at radius 2 is 1.67 bits per heavy atom. The van der Waals surface area contributed by atoms with Crippen molar-refractivity contribution in [3.63, 3.8) is 0 Å². The predicted octanol–water partition coefficient (Wildman–Crippen LogP) is 1.50. The van der Waals surface area contributed by atoms with Crippen LogP contribution in [0.25, 0.3) is 5.69 Å². The zero-order chi connectivity index (χ0) is 16.7. The first-order valence-corrected chi connectivity index (χ1v) is 9.01. The molecule has 1 aromatic heterocycles. The fourth-order valence-electron chi connectivity index (χ4n) is 4.39. The Morgan fingerprint density at radius 3 is 2.21 bits per heavy atom. The van der Waals surface area contributed by atoms with Crippen LogP contribution >= 0.6 is 0 Å². The average molecular weight is 324 g/mol. The largest absolute Gasteiger partial charge is 0.343 e. The Bertz CT molecular complexity index is 719. The van der Waals surface area contributed by atoms with Gasteiger partial charge in [0.05, 0.1) is 25.7 Å². The maximum absolute atomic E-state index is 12.6. The summed E-state index contributed by atoms with van der Waals surface area (Å²) < 4.78 is 2.21. The third-order valence-electron chi connectivity index (χ3n) is 5.79. The van der Waals surface area contributed by atoms with Crippen LogP contribution in [0, 0.1) is 19.8 Å². The van der Waals surface area contributed by atoms with Crippen molar-refractivity contribution in [2.24, 2.45) is 5.92 Å². The summed E-state index contributed by atoms with van der Waals surface area (Å²) in [5.74, 6) is 0.747. The molecule has 1 amide bonds. The Balaban J connectivity index is 1.48. The second-order valence-electron chi connectivity index (χ2n) is 7.37. The first kappa shape index (κ1) is 15.5. The number of carbonyl (C=O) groups excluding carboxylic acids is 1. The second-order valence-corrected chi connectivity index (χ2v) is 7.37. The van der Waals surface area contributed by atoms with Crippen molar-refractivity contribution < 1.29 is 9.69 Å². The normalized spacial score (nSPS) is 25.7. The van der Waals surface area contributed by atoms with Gasteiger partial charge in [-0.3, -0.25) is 4.79 Å². The summed E-state index contributed by atoms with van der Waals surface area (Å²) in [6.07, 6.45) is 2.51. The van der Waals surface area contributed by atoms with E-state index in [1.54, 1.807) is 4.90 Å². The minimum atomic E-state index is 0.0700. The SMILES string of the molecule is Cc1ccc(C)n1-c1ccc(C(=O)N[C@@H]2C[NH+]3CCC2CC3)cc1. The molecular formula is C20H26N3O+. The Morgan fingerprint density at radius 1 is 1.04 bits per heavy atom. The van der Waals surface area contributed by atoms with Crippen molar-refractivity contribution in [3.05, 3.63) is 53.3 Å². The van der Waals surface area contributed by atoms with Gasteiger partial charge in [0.1, 0.15) is 0 Å². The van der Waals surface area contributed by atoms with Crippen LogP contribution in [0.3, 0.4) is 0 Å². The van der Waals surface area contributed by atoms with Gasteiger partial charge in [-0.15, -0.1) is 0 Å². The molecule has 4 nitrogen and oxygen atoms in total. The minimum Gasteiger partial charge on any atom is -0.343 e. The van der Waals surface area contributed by atoms with Gasteiger partial charge in [-0.2, -0.15) is 0 Å². The lowest BCUT2D eigenvalue weighted by atomic mass is 9.84. The highest BCUT2D eigenvalue weighted by Gasteiger charge is 2.38. The molecule has 1 aromatic carbocycles. The number of benzene rings is 1. The number of hydrogen-bond donors (Lipinski definition) is 2. The molecule has 3 aliphatic rings. The predicted molar refractivity (Wildman–Crippen MR) is 94.8 cm³/mol. The van der Waals surface area contributed by atoms with Gasteiger partial charge in [0.25, 0.3) is 5.91 Å². The topological polar surface area (TPSA) is 38.5 Å². The van der Waals surface area contributed by atoms with Crippen LogP contribution < -0.4 is 10.2 Å². The van der Waals surface area contributed by atoms with E-state index in [9.17, 15) is 4.79 Å². The maximum atomic E-state index is 12.6. The molecule has 0 aliphatic carbocycles. The molecule has 3 saturated heterocycles. The lowest BCUT2D eigenvalue weighted by Gasteiger charge is -2.42. The highest BCUT2D eigenvalue weighted by atomic mass is 16.1. The van der Waals surface area contributed by atoms with E-state index in [0.29, 0.717) is 12.0 Å². The molecule has 5 rings (SSSR count). The van der Waals surface area contributed by atoms with Crippen molar-refractivity contribution in [2.75, 3.05) is 19.6 Å². The Kier molecular flexibility index (Phi) is 3.93. The molecule has 2 bridgehead atoms. The van der Waals surface area contributed by atoms with E-state index >= 15 is 0 Å². The number of quaternary nitrogens is 1. The molecule has 0 spiro atoms. The van der Waals surface area contributed by atoms with Crippen molar-refractivity contribution in [2.45, 2.75) is 32.7 Å². The molecule has 24 heavy (non-hydrogen) atoms. The van der Waals surface area contributed by atoms with Gasteiger partial charge in [-0.05, 0) is 56.2 Å². The first-order valence-electron chi connectivity index (χ1n) is 9.01. The minimum absolute atomic E-state index is 0.0700.